The van der Waals surface area contributed by atoms with Crippen molar-refractivity contribution >= 4 is 39.1 Å². The second-order valence-electron chi connectivity index (χ2n) is 7.02. The molecule has 0 amide bonds. The summed E-state index contributed by atoms with van der Waals surface area (Å²) in [5.74, 6) is -0.145. The largest absolute Gasteiger partial charge is 0.423 e. The number of hydrogen-bond donors (Lipinski definition) is 0. The minimum Gasteiger partial charge on any atom is -0.423 e. The molecule has 0 aliphatic heterocycles. The normalized spacial score (nSPS) is 11.0. The van der Waals surface area contributed by atoms with E-state index in [0.717, 1.165) is 10.8 Å². The second-order valence-corrected chi connectivity index (χ2v) is 7.45. The smallest absolute Gasteiger partial charge is 0.345 e. The highest BCUT2D eigenvalue weighted by Crippen LogP contribution is 2.24. The Morgan fingerprint density at radius 2 is 1.74 bits per heavy atom. The van der Waals surface area contributed by atoms with Gasteiger partial charge >= 0.3 is 5.97 Å². The number of carbonyl (C=O) groups excluding carboxylic acids is 1. The number of aromatic nitrogens is 2. The molecule has 5 nitrogen and oxygen atoms in total. The summed E-state index contributed by atoms with van der Waals surface area (Å²) >= 11 is 6.11. The van der Waals surface area contributed by atoms with E-state index in [4.69, 9.17) is 16.3 Å². The molecule has 2 aromatic heterocycles. The van der Waals surface area contributed by atoms with E-state index < -0.39 is 5.97 Å². The van der Waals surface area contributed by atoms with Gasteiger partial charge in [0.1, 0.15) is 5.75 Å². The topological polar surface area (TPSA) is 61.2 Å². The van der Waals surface area contributed by atoms with Gasteiger partial charge in [0.15, 0.2) is 0 Å². The molecule has 5 rings (SSSR count). The van der Waals surface area contributed by atoms with Gasteiger partial charge in [0.25, 0.3) is 5.56 Å². The van der Waals surface area contributed by atoms with E-state index in [-0.39, 0.29) is 11.1 Å². The zero-order valence-corrected chi connectivity index (χ0v) is 16.9. The summed E-state index contributed by atoms with van der Waals surface area (Å²) in [7, 11) is 0. The first-order valence-corrected chi connectivity index (χ1v) is 9.94. The molecule has 0 aliphatic rings. The minimum atomic E-state index is -0.555. The lowest BCUT2D eigenvalue weighted by Gasteiger charge is -2.12. The number of benzene rings is 3. The van der Waals surface area contributed by atoms with Crippen LogP contribution in [-0.2, 0) is 0 Å². The summed E-state index contributed by atoms with van der Waals surface area (Å²) in [6.45, 7) is 0. The van der Waals surface area contributed by atoms with Gasteiger partial charge in [0, 0.05) is 39.8 Å². The SMILES string of the molecule is O=C(Oc1ccc2cnccc2c1)c1cn(-c2cccc(Cl)c2)c(=O)c2ccccc12. The summed E-state index contributed by atoms with van der Waals surface area (Å²) in [6.07, 6.45) is 4.93. The highest BCUT2D eigenvalue weighted by atomic mass is 35.5. The lowest BCUT2D eigenvalue weighted by atomic mass is 10.1. The molecule has 6 heteroatoms. The molecular formula is C25H15ClN2O3. The van der Waals surface area contributed by atoms with Gasteiger partial charge in [0.2, 0.25) is 0 Å². The summed E-state index contributed by atoms with van der Waals surface area (Å²) in [5.41, 5.74) is 0.605. The number of rotatable bonds is 3. The van der Waals surface area contributed by atoms with Crippen molar-refractivity contribution in [2.24, 2.45) is 0 Å². The van der Waals surface area contributed by atoms with Crippen molar-refractivity contribution in [3.05, 3.63) is 112 Å². The number of pyridine rings is 2. The van der Waals surface area contributed by atoms with Crippen molar-refractivity contribution in [3.8, 4) is 11.4 Å². The molecule has 5 aromatic rings. The molecule has 0 radical (unpaired) electrons. The van der Waals surface area contributed by atoms with Gasteiger partial charge in [-0.2, -0.15) is 0 Å². The van der Waals surface area contributed by atoms with E-state index in [9.17, 15) is 9.59 Å². The van der Waals surface area contributed by atoms with Crippen LogP contribution in [0.4, 0.5) is 0 Å². The Morgan fingerprint density at radius 1 is 0.903 bits per heavy atom. The number of ether oxygens (including phenoxy) is 1. The number of halogens is 1. The minimum absolute atomic E-state index is 0.243. The van der Waals surface area contributed by atoms with Crippen LogP contribution in [0.2, 0.25) is 5.02 Å². The van der Waals surface area contributed by atoms with E-state index in [1.54, 1.807) is 73.1 Å². The number of hydrogen-bond acceptors (Lipinski definition) is 4. The molecule has 3 aromatic carbocycles. The van der Waals surface area contributed by atoms with E-state index in [0.29, 0.717) is 27.2 Å². The standard InChI is InChI=1S/C25H15ClN2O3/c26-18-4-3-5-19(13-18)28-15-23(21-6-1-2-7-22(21)24(28)29)25(30)31-20-9-8-17-14-27-11-10-16(17)12-20/h1-15H. The Bertz CT molecular complexity index is 1520. The predicted molar refractivity (Wildman–Crippen MR) is 121 cm³/mol. The molecule has 0 aliphatic carbocycles. The molecule has 31 heavy (non-hydrogen) atoms. The van der Waals surface area contributed by atoms with Crippen LogP contribution < -0.4 is 10.3 Å². The van der Waals surface area contributed by atoms with Crippen molar-refractivity contribution < 1.29 is 9.53 Å². The van der Waals surface area contributed by atoms with Gasteiger partial charge in [-0.1, -0.05) is 35.9 Å². The Labute approximate surface area is 182 Å². The third-order valence-electron chi connectivity index (χ3n) is 5.05. The van der Waals surface area contributed by atoms with Crippen molar-refractivity contribution in [2.75, 3.05) is 0 Å². The van der Waals surface area contributed by atoms with Crippen LogP contribution in [0.3, 0.4) is 0 Å². The van der Waals surface area contributed by atoms with Crippen LogP contribution in [0.1, 0.15) is 10.4 Å². The molecule has 150 valence electrons. The molecule has 2 heterocycles. The first kappa shape index (κ1) is 19.0. The molecular weight excluding hydrogens is 412 g/mol. The predicted octanol–water partition coefficient (Wildman–Crippen LogP) is 5.41. The fourth-order valence-electron chi connectivity index (χ4n) is 3.56. The van der Waals surface area contributed by atoms with E-state index in [1.807, 2.05) is 12.1 Å². The van der Waals surface area contributed by atoms with Gasteiger partial charge in [-0.05, 0) is 53.9 Å². The highest BCUT2D eigenvalue weighted by molar-refractivity contribution is 6.30. The monoisotopic (exact) mass is 426 g/mol. The van der Waals surface area contributed by atoms with Crippen LogP contribution in [0.25, 0.3) is 27.2 Å². The highest BCUT2D eigenvalue weighted by Gasteiger charge is 2.17. The summed E-state index contributed by atoms with van der Waals surface area (Å²) < 4.78 is 7.08. The molecule has 0 N–H and O–H groups in total. The quantitative estimate of drug-likeness (QED) is 0.286. The fraction of sp³-hybridized carbons (Fsp3) is 0. The average molecular weight is 427 g/mol. The molecule has 0 spiro atoms. The van der Waals surface area contributed by atoms with Gasteiger partial charge in [-0.3, -0.25) is 14.3 Å². The maximum absolute atomic E-state index is 13.1. The Kier molecular flexibility index (Phi) is 4.73. The third kappa shape index (κ3) is 3.56. The van der Waals surface area contributed by atoms with Crippen molar-refractivity contribution in [1.82, 2.24) is 9.55 Å². The molecule has 0 atom stereocenters. The number of fused-ring (bicyclic) bond motifs is 2. The van der Waals surface area contributed by atoms with Gasteiger partial charge in [-0.25, -0.2) is 4.79 Å². The maximum atomic E-state index is 13.1. The maximum Gasteiger partial charge on any atom is 0.345 e. The Hall–Kier alpha value is -3.96. The van der Waals surface area contributed by atoms with Gasteiger partial charge < -0.3 is 4.74 Å². The lowest BCUT2D eigenvalue weighted by Crippen LogP contribution is -2.22. The number of nitrogens with zero attached hydrogens (tertiary/aromatic N) is 2. The number of carbonyl (C=O) groups is 1. The first-order valence-electron chi connectivity index (χ1n) is 9.56. The molecule has 0 saturated heterocycles. The van der Waals surface area contributed by atoms with Gasteiger partial charge in [-0.15, -0.1) is 0 Å². The Balaban J connectivity index is 1.63. The second kappa shape index (κ2) is 7.70. The lowest BCUT2D eigenvalue weighted by molar-refractivity contribution is 0.0736. The van der Waals surface area contributed by atoms with Crippen molar-refractivity contribution in [3.63, 3.8) is 0 Å². The number of esters is 1. The van der Waals surface area contributed by atoms with Crippen LogP contribution in [-0.4, -0.2) is 15.5 Å². The van der Waals surface area contributed by atoms with Crippen LogP contribution in [0.15, 0.2) is 96.2 Å². The molecule has 0 bridgehead atoms. The summed E-state index contributed by atoms with van der Waals surface area (Å²) in [6, 6.07) is 21.1. The third-order valence-corrected chi connectivity index (χ3v) is 5.29. The molecule has 0 fully saturated rings. The van der Waals surface area contributed by atoms with Crippen LogP contribution in [0.5, 0.6) is 5.75 Å². The first-order chi connectivity index (χ1) is 15.1. The van der Waals surface area contributed by atoms with Gasteiger partial charge in [0.05, 0.1) is 11.3 Å². The average Bonchev–Trinajstić information content (AvgIpc) is 2.79. The van der Waals surface area contributed by atoms with Crippen molar-refractivity contribution in [1.29, 1.82) is 0 Å². The summed E-state index contributed by atoms with van der Waals surface area (Å²) in [5, 5.41) is 3.30. The van der Waals surface area contributed by atoms with E-state index in [1.165, 1.54) is 10.8 Å². The van der Waals surface area contributed by atoms with E-state index >= 15 is 0 Å². The van der Waals surface area contributed by atoms with E-state index in [2.05, 4.69) is 4.98 Å². The van der Waals surface area contributed by atoms with Crippen LogP contribution >= 0.6 is 11.6 Å². The fourth-order valence-corrected chi connectivity index (χ4v) is 3.74. The zero-order chi connectivity index (χ0) is 21.4. The van der Waals surface area contributed by atoms with Crippen molar-refractivity contribution in [2.45, 2.75) is 0 Å². The molecule has 0 unspecified atom stereocenters. The zero-order valence-electron chi connectivity index (χ0n) is 16.2. The summed E-state index contributed by atoms with van der Waals surface area (Å²) in [4.78, 5) is 30.3. The Morgan fingerprint density at radius 3 is 2.58 bits per heavy atom. The molecule has 0 saturated carbocycles. The van der Waals surface area contributed by atoms with Crippen LogP contribution in [0, 0.1) is 0 Å².